The van der Waals surface area contributed by atoms with Crippen LogP contribution in [0.4, 0.5) is 10.5 Å². The second-order valence-corrected chi connectivity index (χ2v) is 18.4. The number of halogens is 1. The molecule has 2 saturated carbocycles. The highest BCUT2D eigenvalue weighted by Crippen LogP contribution is 2.52. The minimum atomic E-state index is -3.48. The number of ether oxygens (including phenoxy) is 3. The number of nitrogens with zero attached hydrogens (tertiary/aromatic N) is 2. The first-order chi connectivity index (χ1) is 24.6. The maximum absolute atomic E-state index is 14.5. The van der Waals surface area contributed by atoms with Gasteiger partial charge in [-0.05, 0) is 111 Å². The van der Waals surface area contributed by atoms with E-state index in [0.717, 1.165) is 68.7 Å². The van der Waals surface area contributed by atoms with Crippen LogP contribution in [-0.4, -0.2) is 74.1 Å². The minimum Gasteiger partial charge on any atom is -0.490 e. The molecule has 0 aromatic heterocycles. The average Bonchev–Trinajstić information content (AvgIpc) is 3.56. The number of nitrogens with one attached hydrogen (secondary N) is 2. The van der Waals surface area contributed by atoms with Crippen molar-refractivity contribution in [2.75, 3.05) is 50.7 Å². The number of fused-ring (bicyclic) bond motifs is 4. The maximum atomic E-state index is 14.5. The molecule has 3 aliphatic carbocycles. The van der Waals surface area contributed by atoms with Crippen molar-refractivity contribution in [3.05, 3.63) is 70.3 Å². The summed E-state index contributed by atoms with van der Waals surface area (Å²) < 4.78 is 39.7. The van der Waals surface area contributed by atoms with E-state index in [4.69, 9.17) is 25.8 Å². The number of benzene rings is 2. The lowest BCUT2D eigenvalue weighted by Crippen LogP contribution is -2.49. The highest BCUT2D eigenvalue weighted by molar-refractivity contribution is 7.92. The van der Waals surface area contributed by atoms with Crippen molar-refractivity contribution < 1.29 is 28.0 Å². The van der Waals surface area contributed by atoms with Crippen molar-refractivity contribution in [1.29, 1.82) is 0 Å². The molecule has 2 bridgehead atoms. The van der Waals surface area contributed by atoms with E-state index >= 15 is 0 Å². The standard InChI is InChI=1S/C39H49ClN4O6S/c1-25-5-3-7-33(48-2)30-11-8-28(30)20-44-22-39(14-4-6-26-17-29(40)10-12-31(26)39)24-50-34-13-9-27(18-32(34)44)36(45)42-51(47,21-25)43-37(46)41-35-19-38(35)15-16-49-23-38/h3,7,9-10,12-13,17-18,25,28,30,33,35H,4-6,8,11,14-16,19-24H2,1-2H3,(H2,41,42,43,45,46,47)/b7-3-/t25-,28-,30+,33-,35+,38?,39-,51?/m0/s1. The third-order valence-electron chi connectivity index (χ3n) is 12.4. The number of urea groups is 1. The number of methoxy groups -OCH3 is 1. The van der Waals surface area contributed by atoms with Crippen LogP contribution in [0.3, 0.4) is 0 Å². The zero-order valence-electron chi connectivity index (χ0n) is 29.5. The van der Waals surface area contributed by atoms with Crippen LogP contribution in [0.5, 0.6) is 5.75 Å². The first kappa shape index (κ1) is 34.9. The summed E-state index contributed by atoms with van der Waals surface area (Å²) in [4.78, 5) is 29.7. The fourth-order valence-corrected chi connectivity index (χ4v) is 11.3. The Balaban J connectivity index is 1.15. The Labute approximate surface area is 306 Å². The van der Waals surface area contributed by atoms with Crippen LogP contribution in [0.1, 0.15) is 73.4 Å². The normalized spacial score (nSPS) is 36.5. The Morgan fingerprint density at radius 3 is 2.82 bits per heavy atom. The molecule has 2 aromatic rings. The second-order valence-electron chi connectivity index (χ2n) is 16.0. The smallest absolute Gasteiger partial charge is 0.327 e. The summed E-state index contributed by atoms with van der Waals surface area (Å²) in [5.41, 5.74) is 3.41. The molecule has 274 valence electrons. The van der Waals surface area contributed by atoms with Gasteiger partial charge in [0.2, 0.25) is 0 Å². The van der Waals surface area contributed by atoms with Crippen LogP contribution >= 0.6 is 11.6 Å². The summed E-state index contributed by atoms with van der Waals surface area (Å²) in [7, 11) is -1.71. The van der Waals surface area contributed by atoms with E-state index in [2.05, 4.69) is 43.6 Å². The first-order valence-corrected chi connectivity index (χ1v) is 20.6. The van der Waals surface area contributed by atoms with Gasteiger partial charge in [0.05, 0.1) is 30.8 Å². The summed E-state index contributed by atoms with van der Waals surface area (Å²) in [6, 6.07) is 11.0. The summed E-state index contributed by atoms with van der Waals surface area (Å²) in [5, 5.41) is 3.72. The van der Waals surface area contributed by atoms with Crippen LogP contribution in [0.15, 0.2) is 52.9 Å². The Morgan fingerprint density at radius 1 is 1.16 bits per heavy atom. The lowest BCUT2D eigenvalue weighted by Gasteiger charge is -2.46. The molecule has 2 spiro atoms. The number of anilines is 1. The number of allylic oxidation sites excluding steroid dienone is 1. The molecule has 3 fully saturated rings. The molecule has 2 aromatic carbocycles. The van der Waals surface area contributed by atoms with E-state index in [1.165, 1.54) is 11.1 Å². The van der Waals surface area contributed by atoms with Gasteiger partial charge in [0.15, 0.2) is 0 Å². The molecule has 2 unspecified atom stereocenters. The van der Waals surface area contributed by atoms with Crippen molar-refractivity contribution in [3.8, 4) is 5.75 Å². The fraction of sp³-hybridized carbons (Fsp3) is 0.590. The van der Waals surface area contributed by atoms with Gasteiger partial charge in [0, 0.05) is 54.3 Å². The molecular weight excluding hydrogens is 688 g/mol. The van der Waals surface area contributed by atoms with Gasteiger partial charge in [-0.3, -0.25) is 9.52 Å². The number of rotatable bonds is 3. The van der Waals surface area contributed by atoms with Crippen LogP contribution in [-0.2, 0) is 31.2 Å². The summed E-state index contributed by atoms with van der Waals surface area (Å²) >= 11 is 6.46. The molecule has 3 amide bonds. The number of carbonyl (C=O) groups excluding carboxylic acids is 2. The summed E-state index contributed by atoms with van der Waals surface area (Å²) in [6.07, 6.45) is 11.7. The Bertz CT molecular complexity index is 1850. The van der Waals surface area contributed by atoms with Gasteiger partial charge in [-0.2, -0.15) is 0 Å². The van der Waals surface area contributed by atoms with E-state index in [1.807, 2.05) is 25.1 Å². The van der Waals surface area contributed by atoms with Gasteiger partial charge in [0.1, 0.15) is 15.7 Å². The Hall–Kier alpha value is -3.12. The number of amides is 3. The number of hydrogen-bond donors (Lipinski definition) is 2. The molecule has 1 saturated heterocycles. The van der Waals surface area contributed by atoms with Gasteiger partial charge >= 0.3 is 6.03 Å². The zero-order valence-corrected chi connectivity index (χ0v) is 31.1. The van der Waals surface area contributed by atoms with Crippen molar-refractivity contribution in [2.45, 2.75) is 75.9 Å². The molecule has 6 aliphatic rings. The number of hydrogen-bond acceptors (Lipinski definition) is 7. The van der Waals surface area contributed by atoms with Crippen LogP contribution in [0, 0.1) is 23.2 Å². The zero-order chi connectivity index (χ0) is 35.4. The lowest BCUT2D eigenvalue weighted by molar-refractivity contribution is 0.0131. The largest absolute Gasteiger partial charge is 0.490 e. The van der Waals surface area contributed by atoms with E-state index in [9.17, 15) is 13.8 Å². The quantitative estimate of drug-likeness (QED) is 0.348. The van der Waals surface area contributed by atoms with Gasteiger partial charge in [-0.15, -0.1) is 4.36 Å². The molecule has 10 nitrogen and oxygen atoms in total. The molecule has 12 heteroatoms. The summed E-state index contributed by atoms with van der Waals surface area (Å²) in [6.45, 7) is 5.30. The van der Waals surface area contributed by atoms with Crippen LogP contribution in [0.2, 0.25) is 5.02 Å². The second kappa shape index (κ2) is 13.7. The lowest BCUT2D eigenvalue weighted by atomic mass is 9.68. The van der Waals surface area contributed by atoms with Crippen molar-refractivity contribution >= 4 is 39.1 Å². The topological polar surface area (TPSA) is 119 Å². The molecule has 2 N–H and O–H groups in total. The maximum Gasteiger partial charge on any atom is 0.327 e. The fourth-order valence-electron chi connectivity index (χ4n) is 9.31. The number of aryl methyl sites for hydroxylation is 1. The monoisotopic (exact) mass is 736 g/mol. The van der Waals surface area contributed by atoms with Gasteiger partial charge in [-0.1, -0.05) is 36.7 Å². The predicted molar refractivity (Wildman–Crippen MR) is 198 cm³/mol. The first-order valence-electron chi connectivity index (χ1n) is 18.5. The Kier molecular flexibility index (Phi) is 9.38. The molecule has 51 heavy (non-hydrogen) atoms. The van der Waals surface area contributed by atoms with Crippen molar-refractivity contribution in [3.63, 3.8) is 0 Å². The Morgan fingerprint density at radius 2 is 2.04 bits per heavy atom. The van der Waals surface area contributed by atoms with Crippen molar-refractivity contribution in [2.24, 2.45) is 27.5 Å². The van der Waals surface area contributed by atoms with E-state index in [1.54, 1.807) is 13.2 Å². The third kappa shape index (κ3) is 6.91. The third-order valence-corrected chi connectivity index (χ3v) is 14.6. The molecule has 3 aliphatic heterocycles. The van der Waals surface area contributed by atoms with Crippen molar-refractivity contribution in [1.82, 2.24) is 10.0 Å². The highest BCUT2D eigenvalue weighted by atomic mass is 35.5. The van der Waals surface area contributed by atoms with E-state index in [0.29, 0.717) is 49.4 Å². The average molecular weight is 737 g/mol. The van der Waals surface area contributed by atoms with Crippen LogP contribution < -0.4 is 19.7 Å². The van der Waals surface area contributed by atoms with Crippen LogP contribution in [0.25, 0.3) is 0 Å². The van der Waals surface area contributed by atoms with Gasteiger partial charge in [-0.25, -0.2) is 9.00 Å². The predicted octanol–water partition coefficient (Wildman–Crippen LogP) is 6.45. The van der Waals surface area contributed by atoms with Gasteiger partial charge < -0.3 is 24.4 Å². The number of carbonyl (C=O) groups is 2. The molecule has 8 rings (SSSR count). The van der Waals surface area contributed by atoms with Gasteiger partial charge in [0.25, 0.3) is 5.91 Å². The SMILES string of the molecule is CO[C@H]1/C=C\C[C@H](C)CS(=O)(NC(=O)N[C@@H]2CC23CCOC3)=NC(=O)c2ccc3c(c2)N(C[C@@H]2CC[C@H]21)C[C@@]1(CCCc2cc(Cl)ccc21)CO3. The summed E-state index contributed by atoms with van der Waals surface area (Å²) in [5.74, 6) is 0.747. The van der Waals surface area contributed by atoms with E-state index < -0.39 is 21.9 Å². The van der Waals surface area contributed by atoms with E-state index in [-0.39, 0.29) is 34.6 Å². The molecule has 8 atom stereocenters. The molecular formula is C39H49ClN4O6S. The minimum absolute atomic E-state index is 0.0330. The molecule has 3 heterocycles. The highest BCUT2D eigenvalue weighted by Gasteiger charge is 2.57. The molecule has 0 radical (unpaired) electrons.